The highest BCUT2D eigenvalue weighted by Gasteiger charge is 2.24. The first kappa shape index (κ1) is 27.6. The summed E-state index contributed by atoms with van der Waals surface area (Å²) in [4.78, 5) is 53.1. The monoisotopic (exact) mass is 714 g/mol. The number of rotatable bonds is 3. The summed E-state index contributed by atoms with van der Waals surface area (Å²) in [5.41, 5.74) is 1.09. The van der Waals surface area contributed by atoms with Gasteiger partial charge in [0.25, 0.3) is 5.91 Å². The molecule has 1 amide bonds. The average Bonchev–Trinajstić information content (AvgIpc) is 3.83. The van der Waals surface area contributed by atoms with Crippen molar-refractivity contribution in [2.24, 2.45) is 0 Å². The number of carbonyl (C=O) groups is 2. The molecule has 0 spiro atoms. The van der Waals surface area contributed by atoms with Gasteiger partial charge in [-0.2, -0.15) is 0 Å². The lowest BCUT2D eigenvalue weighted by molar-refractivity contribution is -0.147. The van der Waals surface area contributed by atoms with Crippen LogP contribution in [0.4, 0.5) is 0 Å². The van der Waals surface area contributed by atoms with Crippen molar-refractivity contribution in [2.75, 3.05) is 20.6 Å². The Kier molecular flexibility index (Phi) is 7.18. The van der Waals surface area contributed by atoms with Crippen LogP contribution in [0, 0.1) is 3.70 Å². The number of hydrogen-bond acceptors (Lipinski definition) is 16. The molecule has 6 aromatic heterocycles. The minimum Gasteiger partial charge on any atom is -0.447 e. The maximum Gasteiger partial charge on any atom is 0.321 e. The summed E-state index contributed by atoms with van der Waals surface area (Å²) >= 11 is -0.968. The molecule has 1 atom stereocenters. The summed E-state index contributed by atoms with van der Waals surface area (Å²) in [6.45, 7) is 0.0109. The van der Waals surface area contributed by atoms with Gasteiger partial charge in [-0.25, -0.2) is 29.9 Å². The Morgan fingerprint density at radius 3 is 2.09 bits per heavy atom. The van der Waals surface area contributed by atoms with E-state index in [1.54, 1.807) is 23.0 Å². The normalized spacial score (nSPS) is 15.0. The average molecular weight is 714 g/mol. The van der Waals surface area contributed by atoms with Crippen molar-refractivity contribution < 1.29 is 40.8 Å². The number of oxazole rings is 6. The van der Waals surface area contributed by atoms with E-state index in [0.717, 1.165) is 0 Å². The molecular weight excluding hydrogens is 695 g/mol. The topological polar surface area (TPSA) is 215 Å². The van der Waals surface area contributed by atoms with E-state index in [1.807, 2.05) is 0 Å². The van der Waals surface area contributed by atoms with Gasteiger partial charge in [-0.15, -0.1) is 0 Å². The molecule has 17 nitrogen and oxygen atoms in total. The number of nitrogens with one attached hydrogen (secondary N) is 1. The molecule has 18 heteroatoms. The van der Waals surface area contributed by atoms with Crippen molar-refractivity contribution >= 4 is 36.6 Å². The molecule has 0 aromatic carbocycles. The minimum absolute atomic E-state index is 0.00149. The minimum atomic E-state index is -0.968. The van der Waals surface area contributed by atoms with E-state index in [0.29, 0.717) is 15.1 Å². The third kappa shape index (κ3) is 5.71. The Balaban J connectivity index is 1.25. The molecule has 224 valence electrons. The van der Waals surface area contributed by atoms with Gasteiger partial charge in [-0.3, -0.25) is 14.5 Å². The number of likely N-dealkylation sites (N-methyl/N-ethyl adjacent to an activating group) is 1. The van der Waals surface area contributed by atoms with E-state index < -0.39 is 38.7 Å². The molecule has 6 aromatic rings. The van der Waals surface area contributed by atoms with Gasteiger partial charge in [-0.05, 0) is 14.1 Å². The van der Waals surface area contributed by atoms with Gasteiger partial charge in [0, 0.05) is 4.01 Å². The molecule has 7 rings (SSSR count). The van der Waals surface area contributed by atoms with Crippen molar-refractivity contribution in [3.8, 4) is 46.3 Å². The number of aromatic nitrogens is 6. The first-order valence-electron chi connectivity index (χ1n) is 12.7. The maximum atomic E-state index is 12.7. The molecule has 0 aliphatic carbocycles. The fraction of sp³-hybridized carbons (Fsp3) is 0.192. The third-order valence-corrected chi connectivity index (χ3v) is 7.95. The lowest BCUT2D eigenvalue weighted by Gasteiger charge is -2.13. The van der Waals surface area contributed by atoms with Crippen LogP contribution in [0.1, 0.15) is 28.4 Å². The number of nitrogens with zero attached hydrogens (tertiary/aromatic N) is 7. The summed E-state index contributed by atoms with van der Waals surface area (Å²) in [5.74, 6) is -0.186. The molecule has 0 saturated carbocycles. The molecular formula is C26H19IN8O9. The van der Waals surface area contributed by atoms with Crippen molar-refractivity contribution in [3.05, 3.63) is 58.8 Å². The smallest absolute Gasteiger partial charge is 0.321 e. The zero-order valence-electron chi connectivity index (χ0n) is 22.7. The van der Waals surface area contributed by atoms with Gasteiger partial charge >= 0.3 is 5.97 Å². The molecule has 12 bridgehead atoms. The number of esters is 1. The van der Waals surface area contributed by atoms with Gasteiger partial charge in [0.1, 0.15) is 41.3 Å². The zero-order chi connectivity index (χ0) is 30.2. The number of fused-ring (bicyclic) bond motifs is 16. The first-order chi connectivity index (χ1) is 21.4. The molecule has 1 unspecified atom stereocenters. The molecule has 0 radical (unpaired) electrons. The van der Waals surface area contributed by atoms with Crippen LogP contribution in [-0.2, 0) is 16.1 Å². The van der Waals surface area contributed by atoms with Crippen LogP contribution >= 0.6 is 20.7 Å². The van der Waals surface area contributed by atoms with Crippen LogP contribution < -0.4 is 5.32 Å². The van der Waals surface area contributed by atoms with Crippen LogP contribution in [0.15, 0.2) is 64.1 Å². The predicted octanol–water partition coefficient (Wildman–Crippen LogP) is 3.31. The fourth-order valence-electron chi connectivity index (χ4n) is 3.84. The second-order valence-corrected chi connectivity index (χ2v) is 11.8. The van der Waals surface area contributed by atoms with Crippen molar-refractivity contribution in [1.82, 2.24) is 40.1 Å². The highest BCUT2D eigenvalue weighted by atomic mass is 127. The van der Waals surface area contributed by atoms with Gasteiger partial charge in [0.15, 0.2) is 28.5 Å². The molecule has 0 saturated heterocycles. The van der Waals surface area contributed by atoms with Crippen LogP contribution in [-0.4, -0.2) is 71.3 Å². The van der Waals surface area contributed by atoms with Gasteiger partial charge in [-0.1, -0.05) is 20.7 Å². The van der Waals surface area contributed by atoms with E-state index in [4.69, 9.17) is 31.2 Å². The summed E-state index contributed by atoms with van der Waals surface area (Å²) in [6.07, 6.45) is 7.09. The largest absolute Gasteiger partial charge is 0.447 e. The lowest BCUT2D eigenvalue weighted by Crippen LogP contribution is -2.25. The summed E-state index contributed by atoms with van der Waals surface area (Å²) in [5, 5.41) is 2.65. The van der Waals surface area contributed by atoms with E-state index in [-0.39, 0.29) is 65.5 Å². The molecule has 1 aliphatic heterocycles. The van der Waals surface area contributed by atoms with E-state index >= 15 is 0 Å². The van der Waals surface area contributed by atoms with Crippen LogP contribution in [0.2, 0.25) is 0 Å². The van der Waals surface area contributed by atoms with Gasteiger partial charge in [0.2, 0.25) is 41.4 Å². The number of halogens is 1. The number of amides is 1. The summed E-state index contributed by atoms with van der Waals surface area (Å²) < 4.78 is 41.4. The first-order valence-corrected chi connectivity index (χ1v) is 15.0. The van der Waals surface area contributed by atoms with Crippen LogP contribution in [0.3, 0.4) is 0 Å². The Labute approximate surface area is 255 Å². The molecule has 1 N–H and O–H groups in total. The molecule has 0 fully saturated rings. The highest BCUT2D eigenvalue weighted by Crippen LogP contribution is 2.29. The van der Waals surface area contributed by atoms with Crippen molar-refractivity contribution in [2.45, 2.75) is 12.6 Å². The Morgan fingerprint density at radius 1 is 0.795 bits per heavy atom. The number of hydrogen-bond donors (Lipinski definition) is 1. The Morgan fingerprint density at radius 2 is 1.36 bits per heavy atom. The van der Waals surface area contributed by atoms with E-state index in [9.17, 15) is 9.59 Å². The molecule has 44 heavy (non-hydrogen) atoms. The Bertz CT molecular complexity index is 1990. The van der Waals surface area contributed by atoms with Crippen molar-refractivity contribution in [3.63, 3.8) is 0 Å². The fourth-order valence-corrected chi connectivity index (χ4v) is 5.62. The van der Waals surface area contributed by atoms with E-state index in [2.05, 4.69) is 35.2 Å². The maximum absolute atomic E-state index is 12.7. The SMILES string of the molecule is CN(C)CC(=O)OC1C=Ic2coc(n2)-c2coc(n2)-c2coc(n2)CNC(=O)c2coc(n2)-c2coc(n2)-c2coc1n2. The third-order valence-electron chi connectivity index (χ3n) is 5.81. The van der Waals surface area contributed by atoms with Crippen LogP contribution in [0.5, 0.6) is 0 Å². The van der Waals surface area contributed by atoms with E-state index in [1.165, 1.54) is 37.6 Å². The van der Waals surface area contributed by atoms with Crippen LogP contribution in [0.25, 0.3) is 46.3 Å². The standard InChI is InChI=1S/C26H19IN8O9/c1-35(2)5-20(36)44-17-3-27-18-11-43-25(34-18)16-9-40-22(32-16)13-7-38-19(29-13)4-28-21(37)12-6-39-23(30-12)14-8-41-24(31-14)15-10-42-26(17)33-15/h3,6-11,17H,4-5H2,1-2H3,(H,28,37). The predicted molar refractivity (Wildman–Crippen MR) is 152 cm³/mol. The number of carbonyl (C=O) groups excluding carboxylic acids is 2. The number of ether oxygens (including phenoxy) is 1. The molecule has 7 heterocycles. The second-order valence-electron chi connectivity index (χ2n) is 9.35. The quantitative estimate of drug-likeness (QED) is 0.206. The Hall–Kier alpha value is -5.24. The second kappa shape index (κ2) is 11.4. The lowest BCUT2D eigenvalue weighted by atomic mass is 10.4. The highest BCUT2D eigenvalue weighted by molar-refractivity contribution is 14.2. The van der Waals surface area contributed by atoms with Crippen molar-refractivity contribution in [1.29, 1.82) is 0 Å². The zero-order valence-corrected chi connectivity index (χ0v) is 24.9. The summed E-state index contributed by atoms with van der Waals surface area (Å²) in [7, 11) is 3.50. The summed E-state index contributed by atoms with van der Waals surface area (Å²) in [6, 6.07) is 0. The molecule has 1 aliphatic rings. The van der Waals surface area contributed by atoms with Gasteiger partial charge in [0.05, 0.1) is 13.1 Å². The van der Waals surface area contributed by atoms with Gasteiger partial charge < -0.3 is 36.6 Å².